The van der Waals surface area contributed by atoms with Crippen molar-refractivity contribution in [2.75, 3.05) is 54.1 Å². The van der Waals surface area contributed by atoms with Crippen LogP contribution < -0.4 is 23.7 Å². The van der Waals surface area contributed by atoms with Crippen LogP contribution in [0.1, 0.15) is 11.1 Å². The van der Waals surface area contributed by atoms with Crippen LogP contribution in [0.25, 0.3) is 0 Å². The molecular weight excluding hydrogens is 472 g/mol. The van der Waals surface area contributed by atoms with Gasteiger partial charge in [-0.05, 0) is 23.3 Å². The largest absolute Gasteiger partial charge is 0.493 e. The number of benzene rings is 3. The van der Waals surface area contributed by atoms with Crippen LogP contribution in [-0.4, -0.2) is 69.8 Å². The molecule has 1 heterocycles. The summed E-state index contributed by atoms with van der Waals surface area (Å²) in [5.41, 5.74) is 2.33. The molecule has 0 aliphatic carbocycles. The van der Waals surface area contributed by atoms with Crippen molar-refractivity contribution in [1.82, 2.24) is 9.80 Å². The first kappa shape index (κ1) is 26.2. The quantitative estimate of drug-likeness (QED) is 0.389. The minimum Gasteiger partial charge on any atom is -0.493 e. The lowest BCUT2D eigenvalue weighted by molar-refractivity contribution is -0.135. The van der Waals surface area contributed by atoms with Gasteiger partial charge in [0.1, 0.15) is 18.1 Å². The van der Waals surface area contributed by atoms with E-state index in [1.807, 2.05) is 35.2 Å². The molecule has 3 aromatic rings. The van der Waals surface area contributed by atoms with Gasteiger partial charge in [0.05, 0.1) is 21.3 Å². The van der Waals surface area contributed by atoms with Crippen LogP contribution in [0.5, 0.6) is 28.7 Å². The molecule has 4 rings (SSSR count). The summed E-state index contributed by atoms with van der Waals surface area (Å²) in [6.07, 6.45) is 0. The second-order valence-corrected chi connectivity index (χ2v) is 8.73. The van der Waals surface area contributed by atoms with Gasteiger partial charge in [0.2, 0.25) is 5.75 Å². The van der Waals surface area contributed by atoms with Crippen LogP contribution in [0.15, 0.2) is 66.7 Å². The zero-order valence-corrected chi connectivity index (χ0v) is 21.6. The highest BCUT2D eigenvalue weighted by molar-refractivity contribution is 5.78. The fourth-order valence-corrected chi connectivity index (χ4v) is 4.26. The number of hydrogen-bond donors (Lipinski definition) is 0. The second-order valence-electron chi connectivity index (χ2n) is 8.73. The van der Waals surface area contributed by atoms with Crippen LogP contribution in [0.3, 0.4) is 0 Å². The Balaban J connectivity index is 1.24. The second kappa shape index (κ2) is 12.9. The Hall–Kier alpha value is -3.91. The summed E-state index contributed by atoms with van der Waals surface area (Å²) in [4.78, 5) is 17.0. The van der Waals surface area contributed by atoms with Crippen molar-refractivity contribution in [2.24, 2.45) is 0 Å². The zero-order valence-electron chi connectivity index (χ0n) is 21.6. The number of methoxy groups -OCH3 is 3. The lowest BCUT2D eigenvalue weighted by Crippen LogP contribution is -2.49. The smallest absolute Gasteiger partial charge is 0.260 e. The summed E-state index contributed by atoms with van der Waals surface area (Å²) in [6, 6.07) is 21.7. The Morgan fingerprint density at radius 1 is 0.730 bits per heavy atom. The summed E-state index contributed by atoms with van der Waals surface area (Å²) >= 11 is 0. The Morgan fingerprint density at radius 3 is 2.05 bits per heavy atom. The molecule has 37 heavy (non-hydrogen) atoms. The molecule has 0 radical (unpaired) electrons. The fraction of sp³-hybridized carbons (Fsp3) is 0.345. The monoisotopic (exact) mass is 506 g/mol. The van der Waals surface area contributed by atoms with Gasteiger partial charge in [-0.25, -0.2) is 0 Å². The molecule has 8 nitrogen and oxygen atoms in total. The maximum absolute atomic E-state index is 12.8. The maximum Gasteiger partial charge on any atom is 0.260 e. The summed E-state index contributed by atoms with van der Waals surface area (Å²) in [5, 5.41) is 0. The van der Waals surface area contributed by atoms with Crippen molar-refractivity contribution in [2.45, 2.75) is 13.2 Å². The molecule has 1 saturated heterocycles. The van der Waals surface area contributed by atoms with E-state index in [0.717, 1.165) is 30.9 Å². The third-order valence-corrected chi connectivity index (χ3v) is 6.28. The van der Waals surface area contributed by atoms with E-state index in [-0.39, 0.29) is 12.5 Å². The minimum atomic E-state index is -0.0561. The molecule has 1 aliphatic rings. The number of amides is 1. The highest BCUT2D eigenvalue weighted by Gasteiger charge is 2.22. The van der Waals surface area contributed by atoms with Crippen LogP contribution in [0, 0.1) is 0 Å². The number of rotatable bonds is 11. The van der Waals surface area contributed by atoms with Crippen LogP contribution in [-0.2, 0) is 17.9 Å². The molecule has 1 aliphatic heterocycles. The van der Waals surface area contributed by atoms with Crippen molar-refractivity contribution in [1.29, 1.82) is 0 Å². The molecule has 1 amide bonds. The average molecular weight is 507 g/mol. The maximum atomic E-state index is 12.8. The molecule has 0 spiro atoms. The van der Waals surface area contributed by atoms with Crippen LogP contribution in [0.2, 0.25) is 0 Å². The Morgan fingerprint density at radius 2 is 1.41 bits per heavy atom. The van der Waals surface area contributed by atoms with E-state index in [0.29, 0.717) is 42.7 Å². The number of carbonyl (C=O) groups excluding carboxylic acids is 1. The molecule has 8 heteroatoms. The summed E-state index contributed by atoms with van der Waals surface area (Å²) in [7, 11) is 4.63. The number of piperazine rings is 1. The third-order valence-electron chi connectivity index (χ3n) is 6.28. The van der Waals surface area contributed by atoms with E-state index in [2.05, 4.69) is 29.2 Å². The molecule has 196 valence electrons. The lowest BCUT2D eigenvalue weighted by Gasteiger charge is -2.34. The van der Waals surface area contributed by atoms with E-state index in [1.54, 1.807) is 33.5 Å². The summed E-state index contributed by atoms with van der Waals surface area (Å²) < 4.78 is 27.8. The molecule has 3 aromatic carbocycles. The Bertz CT molecular complexity index is 1140. The molecule has 0 bridgehead atoms. The normalized spacial score (nSPS) is 13.6. The zero-order chi connectivity index (χ0) is 26.0. The molecular formula is C29H34N2O6. The first-order valence-electron chi connectivity index (χ1n) is 12.3. The van der Waals surface area contributed by atoms with Gasteiger partial charge in [-0.1, -0.05) is 42.5 Å². The number of hydrogen-bond acceptors (Lipinski definition) is 7. The molecule has 0 aromatic heterocycles. The number of ether oxygens (including phenoxy) is 5. The van der Waals surface area contributed by atoms with Crippen LogP contribution in [0.4, 0.5) is 0 Å². The molecule has 0 unspecified atom stereocenters. The predicted octanol–water partition coefficient (Wildman–Crippen LogP) is 4.01. The molecule has 1 fully saturated rings. The molecule has 0 saturated carbocycles. The summed E-state index contributed by atoms with van der Waals surface area (Å²) in [6.45, 7) is 4.20. The number of carbonyl (C=O) groups is 1. The number of nitrogens with zero attached hydrogens (tertiary/aromatic N) is 2. The molecule has 0 atom stereocenters. The van der Waals surface area contributed by atoms with Gasteiger partial charge in [0.25, 0.3) is 5.91 Å². The minimum absolute atomic E-state index is 0.0512. The van der Waals surface area contributed by atoms with E-state index in [9.17, 15) is 4.79 Å². The van der Waals surface area contributed by atoms with Crippen molar-refractivity contribution in [3.8, 4) is 28.7 Å². The standard InChI is InChI=1S/C29H34N2O6/c1-33-26-17-25(18-27(34-2)29(26)35-3)37-21-28(32)31-14-12-30(13-15-31)19-23-10-7-11-24(16-23)36-20-22-8-5-4-6-9-22/h4-11,16-18H,12-15,19-21H2,1-3H3. The lowest BCUT2D eigenvalue weighted by atomic mass is 10.2. The van der Waals surface area contributed by atoms with Crippen molar-refractivity contribution in [3.05, 3.63) is 77.9 Å². The average Bonchev–Trinajstić information content (AvgIpc) is 2.95. The van der Waals surface area contributed by atoms with E-state index < -0.39 is 0 Å². The van der Waals surface area contributed by atoms with Gasteiger partial charge in [0.15, 0.2) is 18.1 Å². The van der Waals surface area contributed by atoms with Gasteiger partial charge in [-0.3, -0.25) is 9.69 Å². The first-order valence-corrected chi connectivity index (χ1v) is 12.3. The highest BCUT2D eigenvalue weighted by Crippen LogP contribution is 2.40. The SMILES string of the molecule is COc1cc(OCC(=O)N2CCN(Cc3cccc(OCc4ccccc4)c3)CC2)cc(OC)c1OC. The summed E-state index contributed by atoms with van der Waals surface area (Å²) in [5.74, 6) is 2.73. The Kier molecular flexibility index (Phi) is 9.10. The van der Waals surface area contributed by atoms with Gasteiger partial charge < -0.3 is 28.6 Å². The fourth-order valence-electron chi connectivity index (χ4n) is 4.26. The topological polar surface area (TPSA) is 69.7 Å². The van der Waals surface area contributed by atoms with E-state index in [1.165, 1.54) is 5.56 Å². The third kappa shape index (κ3) is 7.07. The molecule has 0 N–H and O–H groups in total. The van der Waals surface area contributed by atoms with Crippen molar-refractivity contribution < 1.29 is 28.5 Å². The first-order chi connectivity index (χ1) is 18.1. The Labute approximate surface area is 218 Å². The van der Waals surface area contributed by atoms with Gasteiger partial charge in [-0.2, -0.15) is 0 Å². The van der Waals surface area contributed by atoms with Gasteiger partial charge in [-0.15, -0.1) is 0 Å². The van der Waals surface area contributed by atoms with E-state index in [4.69, 9.17) is 23.7 Å². The van der Waals surface area contributed by atoms with Gasteiger partial charge in [0, 0.05) is 44.9 Å². The van der Waals surface area contributed by atoms with Gasteiger partial charge >= 0.3 is 0 Å². The van der Waals surface area contributed by atoms with Crippen LogP contribution >= 0.6 is 0 Å². The highest BCUT2D eigenvalue weighted by atomic mass is 16.5. The van der Waals surface area contributed by atoms with E-state index >= 15 is 0 Å². The predicted molar refractivity (Wildman–Crippen MR) is 141 cm³/mol. The van der Waals surface area contributed by atoms with Crippen molar-refractivity contribution in [3.63, 3.8) is 0 Å². The van der Waals surface area contributed by atoms with Crippen molar-refractivity contribution >= 4 is 5.91 Å².